The van der Waals surface area contributed by atoms with Gasteiger partial charge in [-0.2, -0.15) is 0 Å². The number of aromatic nitrogens is 2. The van der Waals surface area contributed by atoms with Crippen LogP contribution in [0, 0.1) is 13.8 Å². The minimum atomic E-state index is 0.832. The highest BCUT2D eigenvalue weighted by atomic mass is 15.1. The summed E-state index contributed by atoms with van der Waals surface area (Å²) in [4.78, 5) is 4.52. The Kier molecular flexibility index (Phi) is 3.29. The van der Waals surface area contributed by atoms with E-state index in [2.05, 4.69) is 46.9 Å². The molecule has 0 spiro atoms. The number of nitrogens with zero attached hydrogens (tertiary/aromatic N) is 2. The Morgan fingerprint density at radius 2 is 2.06 bits per heavy atom. The Labute approximate surface area is 103 Å². The van der Waals surface area contributed by atoms with Crippen LogP contribution in [0.2, 0.25) is 0 Å². The van der Waals surface area contributed by atoms with Crippen molar-refractivity contribution < 1.29 is 0 Å². The molecule has 90 valence electrons. The minimum Gasteiger partial charge on any atom is -0.336 e. The quantitative estimate of drug-likeness (QED) is 0.876. The first-order chi connectivity index (χ1) is 8.13. The molecule has 3 heteroatoms. The largest absolute Gasteiger partial charge is 0.336 e. The maximum absolute atomic E-state index is 4.52. The van der Waals surface area contributed by atoms with Crippen molar-refractivity contribution in [2.45, 2.75) is 20.4 Å². The number of aryl methyl sites for hydroxylation is 3. The molecule has 1 aromatic carbocycles. The average Bonchev–Trinajstić information content (AvgIpc) is 2.62. The van der Waals surface area contributed by atoms with E-state index in [0.29, 0.717) is 0 Å². The summed E-state index contributed by atoms with van der Waals surface area (Å²) in [7, 11) is 3.99. The zero-order valence-corrected chi connectivity index (χ0v) is 10.9. The summed E-state index contributed by atoms with van der Waals surface area (Å²) >= 11 is 0. The van der Waals surface area contributed by atoms with Gasteiger partial charge in [0.05, 0.1) is 17.7 Å². The lowest BCUT2D eigenvalue weighted by Crippen LogP contribution is -2.10. The molecule has 0 bridgehead atoms. The zero-order chi connectivity index (χ0) is 12.4. The summed E-state index contributed by atoms with van der Waals surface area (Å²) < 4.78 is 2.07. The van der Waals surface area contributed by atoms with E-state index >= 15 is 0 Å². The third-order valence-electron chi connectivity index (χ3n) is 3.04. The smallest absolute Gasteiger partial charge is 0.0953 e. The average molecular weight is 229 g/mol. The third kappa shape index (κ3) is 2.24. The van der Waals surface area contributed by atoms with Crippen molar-refractivity contribution in [1.82, 2.24) is 14.9 Å². The molecule has 17 heavy (non-hydrogen) atoms. The van der Waals surface area contributed by atoms with Crippen LogP contribution in [0.3, 0.4) is 0 Å². The van der Waals surface area contributed by atoms with Crippen LogP contribution in [0.5, 0.6) is 0 Å². The van der Waals surface area contributed by atoms with E-state index in [1.54, 1.807) is 0 Å². The molecule has 0 fully saturated rings. The molecule has 2 rings (SSSR count). The molecule has 1 N–H and O–H groups in total. The second-order valence-electron chi connectivity index (χ2n) is 4.50. The van der Waals surface area contributed by atoms with Crippen LogP contribution in [-0.4, -0.2) is 16.6 Å². The lowest BCUT2D eigenvalue weighted by Gasteiger charge is -2.08. The van der Waals surface area contributed by atoms with Gasteiger partial charge in [-0.15, -0.1) is 0 Å². The zero-order valence-electron chi connectivity index (χ0n) is 10.9. The molecule has 0 aliphatic heterocycles. The van der Waals surface area contributed by atoms with Crippen molar-refractivity contribution in [1.29, 1.82) is 0 Å². The number of hydrogen-bond donors (Lipinski definition) is 1. The maximum Gasteiger partial charge on any atom is 0.0953 e. The fourth-order valence-electron chi connectivity index (χ4n) is 2.14. The van der Waals surface area contributed by atoms with E-state index in [-0.39, 0.29) is 0 Å². The highest BCUT2D eigenvalue weighted by Crippen LogP contribution is 2.25. The third-order valence-corrected chi connectivity index (χ3v) is 3.04. The van der Waals surface area contributed by atoms with E-state index in [4.69, 9.17) is 0 Å². The van der Waals surface area contributed by atoms with Gasteiger partial charge in [-0.25, -0.2) is 4.98 Å². The van der Waals surface area contributed by atoms with Crippen molar-refractivity contribution in [2.75, 3.05) is 7.05 Å². The Morgan fingerprint density at radius 3 is 2.71 bits per heavy atom. The highest BCUT2D eigenvalue weighted by molar-refractivity contribution is 5.66. The van der Waals surface area contributed by atoms with E-state index < -0.39 is 0 Å². The SMILES string of the molecule is CNCc1c(-c2ccc(C)cc2C)ncn1C. The second kappa shape index (κ2) is 4.72. The van der Waals surface area contributed by atoms with Gasteiger partial charge in [0.1, 0.15) is 0 Å². The molecule has 0 amide bonds. The summed E-state index contributed by atoms with van der Waals surface area (Å²) in [5.74, 6) is 0. The molecule has 3 nitrogen and oxygen atoms in total. The van der Waals surface area contributed by atoms with Gasteiger partial charge in [0.15, 0.2) is 0 Å². The topological polar surface area (TPSA) is 29.9 Å². The molecule has 0 atom stereocenters. The molecule has 1 heterocycles. The van der Waals surface area contributed by atoms with Gasteiger partial charge >= 0.3 is 0 Å². The van der Waals surface area contributed by atoms with Crippen molar-refractivity contribution in [2.24, 2.45) is 7.05 Å². The van der Waals surface area contributed by atoms with Crippen LogP contribution in [0.15, 0.2) is 24.5 Å². The number of nitrogens with one attached hydrogen (secondary N) is 1. The molecule has 1 aromatic heterocycles. The Balaban J connectivity index is 2.52. The van der Waals surface area contributed by atoms with Gasteiger partial charge in [0.25, 0.3) is 0 Å². The summed E-state index contributed by atoms with van der Waals surface area (Å²) in [5, 5.41) is 3.19. The predicted octanol–water partition coefficient (Wildman–Crippen LogP) is 2.42. The number of benzene rings is 1. The van der Waals surface area contributed by atoms with Gasteiger partial charge < -0.3 is 9.88 Å². The van der Waals surface area contributed by atoms with Crippen LogP contribution in [0.25, 0.3) is 11.3 Å². The van der Waals surface area contributed by atoms with Crippen LogP contribution in [-0.2, 0) is 13.6 Å². The fourth-order valence-corrected chi connectivity index (χ4v) is 2.14. The Morgan fingerprint density at radius 1 is 1.29 bits per heavy atom. The van der Waals surface area contributed by atoms with Gasteiger partial charge in [-0.3, -0.25) is 0 Å². The Hall–Kier alpha value is -1.61. The van der Waals surface area contributed by atoms with Crippen molar-refractivity contribution in [3.8, 4) is 11.3 Å². The first-order valence-corrected chi connectivity index (χ1v) is 5.86. The molecule has 0 unspecified atom stereocenters. The first-order valence-electron chi connectivity index (χ1n) is 5.86. The second-order valence-corrected chi connectivity index (χ2v) is 4.50. The number of hydrogen-bond acceptors (Lipinski definition) is 2. The molecule has 2 aromatic rings. The van der Waals surface area contributed by atoms with Gasteiger partial charge in [-0.05, 0) is 26.5 Å². The minimum absolute atomic E-state index is 0.832. The molecular formula is C14H19N3. The van der Waals surface area contributed by atoms with Crippen LogP contribution in [0.1, 0.15) is 16.8 Å². The Bertz CT molecular complexity index is 526. The lowest BCUT2D eigenvalue weighted by molar-refractivity contribution is 0.735. The van der Waals surface area contributed by atoms with Crippen molar-refractivity contribution >= 4 is 0 Å². The van der Waals surface area contributed by atoms with Crippen LogP contribution < -0.4 is 5.32 Å². The van der Waals surface area contributed by atoms with E-state index in [0.717, 1.165) is 12.2 Å². The summed E-state index contributed by atoms with van der Waals surface area (Å²) in [6.07, 6.45) is 1.88. The predicted molar refractivity (Wildman–Crippen MR) is 70.9 cm³/mol. The normalized spacial score (nSPS) is 10.8. The van der Waals surface area contributed by atoms with Crippen LogP contribution in [0.4, 0.5) is 0 Å². The molecular weight excluding hydrogens is 210 g/mol. The summed E-state index contributed by atoms with van der Waals surface area (Å²) in [5.41, 5.74) is 6.10. The molecule has 0 radical (unpaired) electrons. The monoisotopic (exact) mass is 229 g/mol. The van der Waals surface area contributed by atoms with Gasteiger partial charge in [0, 0.05) is 19.2 Å². The first kappa shape index (κ1) is 11.9. The molecule has 0 aliphatic rings. The highest BCUT2D eigenvalue weighted by Gasteiger charge is 2.12. The standard InChI is InChI=1S/C14H19N3/c1-10-5-6-12(11(2)7-10)14-13(8-15-3)17(4)9-16-14/h5-7,9,15H,8H2,1-4H3. The maximum atomic E-state index is 4.52. The molecule has 0 aliphatic carbocycles. The van der Waals surface area contributed by atoms with Gasteiger partial charge in [-0.1, -0.05) is 23.8 Å². The van der Waals surface area contributed by atoms with E-state index in [1.165, 1.54) is 22.4 Å². The lowest BCUT2D eigenvalue weighted by atomic mass is 10.0. The van der Waals surface area contributed by atoms with E-state index in [1.807, 2.05) is 20.4 Å². The van der Waals surface area contributed by atoms with Crippen molar-refractivity contribution in [3.05, 3.63) is 41.3 Å². The summed E-state index contributed by atoms with van der Waals surface area (Å²) in [6, 6.07) is 6.50. The number of imidazole rings is 1. The van der Waals surface area contributed by atoms with E-state index in [9.17, 15) is 0 Å². The van der Waals surface area contributed by atoms with Crippen LogP contribution >= 0.6 is 0 Å². The molecule has 0 saturated carbocycles. The number of rotatable bonds is 3. The fraction of sp³-hybridized carbons (Fsp3) is 0.357. The van der Waals surface area contributed by atoms with Gasteiger partial charge in [0.2, 0.25) is 0 Å². The summed E-state index contributed by atoms with van der Waals surface area (Å²) in [6.45, 7) is 5.09. The van der Waals surface area contributed by atoms with Crippen molar-refractivity contribution in [3.63, 3.8) is 0 Å². The molecule has 0 saturated heterocycles.